The zero-order valence-electron chi connectivity index (χ0n) is 16.5. The number of ketones is 2. The predicted octanol–water partition coefficient (Wildman–Crippen LogP) is 2.22. The van der Waals surface area contributed by atoms with E-state index >= 15 is 0 Å². The Labute approximate surface area is 170 Å². The van der Waals surface area contributed by atoms with Crippen molar-refractivity contribution >= 4 is 23.2 Å². The standard InChI is InChI=1S/C23H25N3O3/c1-15-2-4-16(5-3-15)22(28)21(26-12-10-24-11-13-26)23(29)18-6-8-19-17(14-18)7-9-20(27)25-19/h2-6,8,14,21,24H,7,9-13H2,1H3,(H,25,27). The Morgan fingerprint density at radius 2 is 1.59 bits per heavy atom. The third-order valence-electron chi connectivity index (χ3n) is 5.63. The molecule has 2 aliphatic rings. The number of hydrogen-bond acceptors (Lipinski definition) is 5. The lowest BCUT2D eigenvalue weighted by Gasteiger charge is -2.33. The number of piperazine rings is 1. The fourth-order valence-electron chi connectivity index (χ4n) is 3.96. The van der Waals surface area contributed by atoms with Crippen molar-refractivity contribution in [1.29, 1.82) is 0 Å². The lowest BCUT2D eigenvalue weighted by molar-refractivity contribution is -0.116. The Hall–Kier alpha value is -2.83. The van der Waals surface area contributed by atoms with E-state index in [0.717, 1.165) is 29.9 Å². The van der Waals surface area contributed by atoms with E-state index in [1.807, 2.05) is 30.0 Å². The molecule has 1 unspecified atom stereocenters. The molecule has 1 saturated heterocycles. The van der Waals surface area contributed by atoms with Crippen molar-refractivity contribution in [1.82, 2.24) is 10.2 Å². The minimum atomic E-state index is -0.837. The van der Waals surface area contributed by atoms with Gasteiger partial charge < -0.3 is 10.6 Å². The monoisotopic (exact) mass is 391 g/mol. The number of Topliss-reactive ketones (excluding diaryl/α,β-unsaturated/α-hetero) is 2. The van der Waals surface area contributed by atoms with Crippen LogP contribution in [0.15, 0.2) is 42.5 Å². The maximum Gasteiger partial charge on any atom is 0.224 e. The van der Waals surface area contributed by atoms with Gasteiger partial charge in [-0.3, -0.25) is 19.3 Å². The Morgan fingerprint density at radius 1 is 0.931 bits per heavy atom. The van der Waals surface area contributed by atoms with Crippen molar-refractivity contribution < 1.29 is 14.4 Å². The molecule has 0 saturated carbocycles. The molecule has 6 heteroatoms. The summed E-state index contributed by atoms with van der Waals surface area (Å²) in [6.07, 6.45) is 1.01. The van der Waals surface area contributed by atoms with Crippen LogP contribution in [0.2, 0.25) is 0 Å². The Bertz CT molecular complexity index is 946. The molecule has 4 rings (SSSR count). The molecule has 2 N–H and O–H groups in total. The molecule has 29 heavy (non-hydrogen) atoms. The first-order valence-corrected chi connectivity index (χ1v) is 10.1. The van der Waals surface area contributed by atoms with Crippen LogP contribution in [0.5, 0.6) is 0 Å². The maximum atomic E-state index is 13.5. The Kier molecular flexibility index (Phi) is 5.56. The van der Waals surface area contributed by atoms with Crippen LogP contribution in [0.3, 0.4) is 0 Å². The number of nitrogens with zero attached hydrogens (tertiary/aromatic N) is 1. The summed E-state index contributed by atoms with van der Waals surface area (Å²) in [7, 11) is 0. The van der Waals surface area contributed by atoms with Crippen LogP contribution < -0.4 is 10.6 Å². The van der Waals surface area contributed by atoms with Crippen LogP contribution in [-0.4, -0.2) is 54.6 Å². The number of hydrogen-bond donors (Lipinski definition) is 2. The van der Waals surface area contributed by atoms with Gasteiger partial charge in [0.15, 0.2) is 11.6 Å². The van der Waals surface area contributed by atoms with Crippen molar-refractivity contribution in [2.45, 2.75) is 25.8 Å². The number of rotatable bonds is 5. The molecule has 0 radical (unpaired) electrons. The number of benzene rings is 2. The number of carbonyl (C=O) groups excluding carboxylic acids is 3. The van der Waals surface area contributed by atoms with E-state index in [4.69, 9.17) is 0 Å². The molecular formula is C23H25N3O3. The molecule has 150 valence electrons. The molecule has 2 aliphatic heterocycles. The number of carbonyl (C=O) groups is 3. The minimum absolute atomic E-state index is 0.00943. The number of fused-ring (bicyclic) bond motifs is 1. The summed E-state index contributed by atoms with van der Waals surface area (Å²) in [5.74, 6) is -0.357. The Morgan fingerprint density at radius 3 is 2.31 bits per heavy atom. The van der Waals surface area contributed by atoms with E-state index in [2.05, 4.69) is 10.6 Å². The lowest BCUT2D eigenvalue weighted by atomic mass is 9.91. The molecule has 2 aromatic rings. The van der Waals surface area contributed by atoms with Gasteiger partial charge >= 0.3 is 0 Å². The van der Waals surface area contributed by atoms with Gasteiger partial charge in [-0.05, 0) is 37.1 Å². The summed E-state index contributed by atoms with van der Waals surface area (Å²) in [6, 6.07) is 11.9. The van der Waals surface area contributed by atoms with Gasteiger partial charge in [0.1, 0.15) is 6.04 Å². The highest BCUT2D eigenvalue weighted by atomic mass is 16.2. The molecule has 2 heterocycles. The van der Waals surface area contributed by atoms with E-state index < -0.39 is 6.04 Å². The smallest absolute Gasteiger partial charge is 0.224 e. The summed E-state index contributed by atoms with van der Waals surface area (Å²) >= 11 is 0. The molecule has 0 bridgehead atoms. The van der Waals surface area contributed by atoms with E-state index in [-0.39, 0.29) is 17.5 Å². The zero-order chi connectivity index (χ0) is 20.4. The quantitative estimate of drug-likeness (QED) is 0.604. The molecule has 2 aromatic carbocycles. The Balaban J connectivity index is 1.67. The molecule has 0 aliphatic carbocycles. The van der Waals surface area contributed by atoms with Crippen LogP contribution in [0.1, 0.15) is 38.3 Å². The normalized spacial score (nSPS) is 17.9. The second-order valence-electron chi connectivity index (χ2n) is 7.70. The zero-order valence-corrected chi connectivity index (χ0v) is 16.5. The molecule has 0 aromatic heterocycles. The van der Waals surface area contributed by atoms with Gasteiger partial charge in [-0.1, -0.05) is 29.8 Å². The van der Waals surface area contributed by atoms with Crippen molar-refractivity contribution in [2.24, 2.45) is 0 Å². The molecule has 0 spiro atoms. The summed E-state index contributed by atoms with van der Waals surface area (Å²) < 4.78 is 0. The third-order valence-corrected chi connectivity index (χ3v) is 5.63. The highest BCUT2D eigenvalue weighted by molar-refractivity contribution is 6.19. The van der Waals surface area contributed by atoms with Gasteiger partial charge in [-0.2, -0.15) is 0 Å². The first kappa shape index (κ1) is 19.5. The summed E-state index contributed by atoms with van der Waals surface area (Å²) in [6.45, 7) is 4.77. The predicted molar refractivity (Wildman–Crippen MR) is 111 cm³/mol. The van der Waals surface area contributed by atoms with E-state index in [0.29, 0.717) is 37.1 Å². The van der Waals surface area contributed by atoms with Crippen molar-refractivity contribution in [3.05, 3.63) is 64.7 Å². The van der Waals surface area contributed by atoms with Crippen LogP contribution >= 0.6 is 0 Å². The van der Waals surface area contributed by atoms with Gasteiger partial charge in [-0.25, -0.2) is 0 Å². The molecule has 1 fully saturated rings. The highest BCUT2D eigenvalue weighted by Crippen LogP contribution is 2.25. The van der Waals surface area contributed by atoms with Gasteiger partial charge in [0.2, 0.25) is 5.91 Å². The summed E-state index contributed by atoms with van der Waals surface area (Å²) in [4.78, 5) is 40.4. The van der Waals surface area contributed by atoms with Gasteiger partial charge in [0, 0.05) is 49.4 Å². The second-order valence-corrected chi connectivity index (χ2v) is 7.70. The van der Waals surface area contributed by atoms with E-state index in [9.17, 15) is 14.4 Å². The average molecular weight is 391 g/mol. The van der Waals surface area contributed by atoms with E-state index in [1.54, 1.807) is 24.3 Å². The fourth-order valence-corrected chi connectivity index (χ4v) is 3.96. The van der Waals surface area contributed by atoms with Gasteiger partial charge in [-0.15, -0.1) is 0 Å². The van der Waals surface area contributed by atoms with Crippen LogP contribution in [0, 0.1) is 6.92 Å². The molecule has 1 amide bonds. The second kappa shape index (κ2) is 8.27. The van der Waals surface area contributed by atoms with Crippen molar-refractivity contribution in [2.75, 3.05) is 31.5 Å². The topological polar surface area (TPSA) is 78.5 Å². The number of aryl methyl sites for hydroxylation is 2. The SMILES string of the molecule is Cc1ccc(C(=O)C(C(=O)c2ccc3c(c2)CCC(=O)N3)N2CCNCC2)cc1. The van der Waals surface area contributed by atoms with E-state index in [1.165, 1.54) is 0 Å². The van der Waals surface area contributed by atoms with Gasteiger partial charge in [0.25, 0.3) is 0 Å². The summed E-state index contributed by atoms with van der Waals surface area (Å²) in [5.41, 5.74) is 3.84. The fraction of sp³-hybridized carbons (Fsp3) is 0.348. The maximum absolute atomic E-state index is 13.5. The van der Waals surface area contributed by atoms with Crippen LogP contribution in [0.4, 0.5) is 5.69 Å². The van der Waals surface area contributed by atoms with Crippen molar-refractivity contribution in [3.63, 3.8) is 0 Å². The first-order valence-electron chi connectivity index (χ1n) is 10.1. The average Bonchev–Trinajstić information content (AvgIpc) is 2.74. The molecule has 6 nitrogen and oxygen atoms in total. The van der Waals surface area contributed by atoms with Gasteiger partial charge in [0.05, 0.1) is 0 Å². The number of amides is 1. The van der Waals surface area contributed by atoms with Crippen molar-refractivity contribution in [3.8, 4) is 0 Å². The third kappa shape index (κ3) is 4.13. The summed E-state index contributed by atoms with van der Waals surface area (Å²) in [5, 5.41) is 6.11. The first-order chi connectivity index (χ1) is 14.0. The lowest BCUT2D eigenvalue weighted by Crippen LogP contribution is -2.54. The van der Waals surface area contributed by atoms with Crippen LogP contribution in [0.25, 0.3) is 0 Å². The molecule has 1 atom stereocenters. The largest absolute Gasteiger partial charge is 0.326 e. The highest BCUT2D eigenvalue weighted by Gasteiger charge is 2.35. The number of nitrogens with one attached hydrogen (secondary N) is 2. The molecular weight excluding hydrogens is 366 g/mol. The van der Waals surface area contributed by atoms with Crippen LogP contribution in [-0.2, 0) is 11.2 Å². The number of anilines is 1. The minimum Gasteiger partial charge on any atom is -0.326 e.